The number of benzene rings is 2. The number of aromatic carboxylic acids is 1. The van der Waals surface area contributed by atoms with Crippen LogP contribution in [0.1, 0.15) is 15.9 Å². The molecule has 2 aromatic carbocycles. The lowest BCUT2D eigenvalue weighted by Crippen LogP contribution is -2.17. The van der Waals surface area contributed by atoms with Crippen molar-refractivity contribution in [3.05, 3.63) is 59.4 Å². The molecular weight excluding hydrogens is 273 g/mol. The molecule has 0 aliphatic rings. The Morgan fingerprint density at radius 2 is 2.00 bits per heavy atom. The van der Waals surface area contributed by atoms with Crippen LogP contribution >= 0.6 is 0 Å². The summed E-state index contributed by atoms with van der Waals surface area (Å²) in [6.45, 7) is 0.442. The van der Waals surface area contributed by atoms with Crippen molar-refractivity contribution in [3.63, 3.8) is 0 Å². The second-order valence-corrected chi connectivity index (χ2v) is 4.65. The summed E-state index contributed by atoms with van der Waals surface area (Å²) < 4.78 is 19.0. The van der Waals surface area contributed by atoms with Crippen molar-refractivity contribution >= 4 is 11.7 Å². The van der Waals surface area contributed by atoms with Crippen molar-refractivity contribution in [3.8, 4) is 5.75 Å². The van der Waals surface area contributed by atoms with E-state index in [1.54, 1.807) is 13.2 Å². The van der Waals surface area contributed by atoms with Gasteiger partial charge < -0.3 is 14.7 Å². The van der Waals surface area contributed by atoms with E-state index in [1.807, 2.05) is 36.2 Å². The highest BCUT2D eigenvalue weighted by molar-refractivity contribution is 5.87. The number of hydrogen-bond donors (Lipinski definition) is 1. The quantitative estimate of drug-likeness (QED) is 0.918. The Balaban J connectivity index is 2.21. The Labute approximate surface area is 122 Å². The van der Waals surface area contributed by atoms with Gasteiger partial charge in [0.05, 0.1) is 18.4 Å². The van der Waals surface area contributed by atoms with Crippen LogP contribution in [0.2, 0.25) is 0 Å². The molecule has 0 aliphatic carbocycles. The summed E-state index contributed by atoms with van der Waals surface area (Å²) in [6, 6.07) is 11.7. The molecule has 0 saturated carbocycles. The number of halogens is 1. The van der Waals surface area contributed by atoms with Gasteiger partial charge in [0.25, 0.3) is 0 Å². The first-order valence-electron chi connectivity index (χ1n) is 6.39. The molecule has 0 atom stereocenters. The van der Waals surface area contributed by atoms with Crippen LogP contribution in [0.25, 0.3) is 0 Å². The Hall–Kier alpha value is -2.56. The van der Waals surface area contributed by atoms with E-state index in [2.05, 4.69) is 0 Å². The first kappa shape index (κ1) is 14.8. The third-order valence-electron chi connectivity index (χ3n) is 3.18. The standard InChI is InChI=1S/C16H16FNO3/c1-18(14-5-3-4-6-15(14)21-2)10-11-7-8-12(16(19)20)13(17)9-11/h3-9H,10H2,1-2H3,(H,19,20). The number of carboxylic acids is 1. The van der Waals surface area contributed by atoms with E-state index in [0.29, 0.717) is 12.1 Å². The van der Waals surface area contributed by atoms with Crippen LogP contribution < -0.4 is 9.64 Å². The average molecular weight is 289 g/mol. The lowest BCUT2D eigenvalue weighted by Gasteiger charge is -2.21. The topological polar surface area (TPSA) is 49.8 Å². The zero-order chi connectivity index (χ0) is 15.4. The molecule has 2 aromatic rings. The van der Waals surface area contributed by atoms with E-state index in [9.17, 15) is 9.18 Å². The molecule has 0 aliphatic heterocycles. The highest BCUT2D eigenvalue weighted by atomic mass is 19.1. The van der Waals surface area contributed by atoms with Crippen LogP contribution in [0, 0.1) is 5.82 Å². The summed E-state index contributed by atoms with van der Waals surface area (Å²) in [4.78, 5) is 12.7. The molecule has 0 heterocycles. The van der Waals surface area contributed by atoms with Gasteiger partial charge in [-0.3, -0.25) is 0 Å². The van der Waals surface area contributed by atoms with Gasteiger partial charge in [-0.2, -0.15) is 0 Å². The predicted molar refractivity (Wildman–Crippen MR) is 78.5 cm³/mol. The third-order valence-corrected chi connectivity index (χ3v) is 3.18. The molecular formula is C16H16FNO3. The van der Waals surface area contributed by atoms with Crippen LogP contribution in [0.5, 0.6) is 5.75 Å². The summed E-state index contributed by atoms with van der Waals surface area (Å²) >= 11 is 0. The second-order valence-electron chi connectivity index (χ2n) is 4.65. The lowest BCUT2D eigenvalue weighted by molar-refractivity contribution is 0.0692. The maximum atomic E-state index is 13.7. The molecule has 110 valence electrons. The highest BCUT2D eigenvalue weighted by Crippen LogP contribution is 2.27. The Bertz CT molecular complexity index is 658. The molecule has 0 fully saturated rings. The molecule has 21 heavy (non-hydrogen) atoms. The summed E-state index contributed by atoms with van der Waals surface area (Å²) in [7, 11) is 3.45. The van der Waals surface area contributed by atoms with Crippen molar-refractivity contribution in [1.29, 1.82) is 0 Å². The van der Waals surface area contributed by atoms with Crippen molar-refractivity contribution < 1.29 is 19.0 Å². The number of para-hydroxylation sites is 2. The fraction of sp³-hybridized carbons (Fsp3) is 0.188. The van der Waals surface area contributed by atoms with Crippen molar-refractivity contribution in [2.24, 2.45) is 0 Å². The average Bonchev–Trinajstić information content (AvgIpc) is 2.46. The number of hydrogen-bond acceptors (Lipinski definition) is 3. The van der Waals surface area contributed by atoms with Crippen molar-refractivity contribution in [1.82, 2.24) is 0 Å². The maximum absolute atomic E-state index is 13.7. The summed E-state index contributed by atoms with van der Waals surface area (Å²) in [6.07, 6.45) is 0. The smallest absolute Gasteiger partial charge is 0.338 e. The van der Waals surface area contributed by atoms with Crippen molar-refractivity contribution in [2.45, 2.75) is 6.54 Å². The minimum atomic E-state index is -1.27. The van der Waals surface area contributed by atoms with Crippen LogP contribution in [0.3, 0.4) is 0 Å². The number of ether oxygens (including phenoxy) is 1. The number of carbonyl (C=O) groups is 1. The van der Waals surface area contributed by atoms with E-state index in [4.69, 9.17) is 9.84 Å². The Kier molecular flexibility index (Phi) is 4.42. The molecule has 0 unspecified atom stereocenters. The summed E-state index contributed by atoms with van der Waals surface area (Å²) in [5, 5.41) is 8.82. The first-order valence-corrected chi connectivity index (χ1v) is 6.39. The molecule has 0 aromatic heterocycles. The maximum Gasteiger partial charge on any atom is 0.338 e. The summed E-state index contributed by atoms with van der Waals surface area (Å²) in [5.41, 5.74) is 1.24. The van der Waals surface area contributed by atoms with Gasteiger partial charge in [-0.05, 0) is 29.8 Å². The van der Waals surface area contributed by atoms with E-state index < -0.39 is 11.8 Å². The number of carboxylic acid groups (broad SMARTS) is 1. The van der Waals surface area contributed by atoms with E-state index in [1.165, 1.54) is 12.1 Å². The zero-order valence-electron chi connectivity index (χ0n) is 11.8. The molecule has 0 saturated heterocycles. The van der Waals surface area contributed by atoms with E-state index in [-0.39, 0.29) is 5.56 Å². The Morgan fingerprint density at radius 3 is 2.62 bits per heavy atom. The van der Waals surface area contributed by atoms with Gasteiger partial charge in [0.1, 0.15) is 11.6 Å². The van der Waals surface area contributed by atoms with Gasteiger partial charge in [0.2, 0.25) is 0 Å². The predicted octanol–water partition coefficient (Wildman–Crippen LogP) is 3.17. The second kappa shape index (κ2) is 6.26. The lowest BCUT2D eigenvalue weighted by atomic mass is 10.1. The summed E-state index contributed by atoms with van der Waals surface area (Å²) in [5.74, 6) is -1.27. The Morgan fingerprint density at radius 1 is 1.29 bits per heavy atom. The van der Waals surface area contributed by atoms with Crippen molar-refractivity contribution in [2.75, 3.05) is 19.1 Å². The van der Waals surface area contributed by atoms with Gasteiger partial charge in [0, 0.05) is 13.6 Å². The molecule has 4 nitrogen and oxygen atoms in total. The van der Waals surface area contributed by atoms with Crippen LogP contribution in [-0.2, 0) is 6.54 Å². The van der Waals surface area contributed by atoms with Gasteiger partial charge in [-0.25, -0.2) is 9.18 Å². The minimum absolute atomic E-state index is 0.321. The minimum Gasteiger partial charge on any atom is -0.495 e. The zero-order valence-corrected chi connectivity index (χ0v) is 11.8. The number of rotatable bonds is 5. The van der Waals surface area contributed by atoms with Gasteiger partial charge in [0.15, 0.2) is 0 Å². The molecule has 0 amide bonds. The van der Waals surface area contributed by atoms with E-state index in [0.717, 1.165) is 11.4 Å². The molecule has 5 heteroatoms. The number of methoxy groups -OCH3 is 1. The first-order chi connectivity index (χ1) is 10.0. The van der Waals surface area contributed by atoms with Crippen LogP contribution in [0.15, 0.2) is 42.5 Å². The number of nitrogens with zero attached hydrogens (tertiary/aromatic N) is 1. The molecule has 0 bridgehead atoms. The van der Waals surface area contributed by atoms with Gasteiger partial charge in [-0.15, -0.1) is 0 Å². The van der Waals surface area contributed by atoms with Crippen LogP contribution in [0.4, 0.5) is 10.1 Å². The SMILES string of the molecule is COc1ccccc1N(C)Cc1ccc(C(=O)O)c(F)c1. The number of anilines is 1. The largest absolute Gasteiger partial charge is 0.495 e. The fourth-order valence-electron chi connectivity index (χ4n) is 2.13. The third kappa shape index (κ3) is 3.31. The molecule has 0 spiro atoms. The molecule has 0 radical (unpaired) electrons. The monoisotopic (exact) mass is 289 g/mol. The highest BCUT2D eigenvalue weighted by Gasteiger charge is 2.12. The van der Waals surface area contributed by atoms with Crippen LogP contribution in [-0.4, -0.2) is 25.2 Å². The van der Waals surface area contributed by atoms with Gasteiger partial charge in [-0.1, -0.05) is 18.2 Å². The van der Waals surface area contributed by atoms with E-state index >= 15 is 0 Å². The fourth-order valence-corrected chi connectivity index (χ4v) is 2.13. The molecule has 1 N–H and O–H groups in total. The van der Waals surface area contributed by atoms with Gasteiger partial charge >= 0.3 is 5.97 Å². The normalized spacial score (nSPS) is 10.2. The molecule has 2 rings (SSSR count).